The maximum atomic E-state index is 8.78. The molecule has 1 heterocycles. The fourth-order valence-electron chi connectivity index (χ4n) is 1.86. The van der Waals surface area contributed by atoms with Gasteiger partial charge in [-0.3, -0.25) is 4.90 Å². The quantitative estimate of drug-likeness (QED) is 0.649. The average Bonchev–Trinajstić information content (AvgIpc) is 1.99. The first-order valence-electron chi connectivity index (χ1n) is 4.60. The van der Waals surface area contributed by atoms with E-state index in [0.29, 0.717) is 12.6 Å². The van der Waals surface area contributed by atoms with E-state index in [1.165, 1.54) is 19.4 Å². The highest BCUT2D eigenvalue weighted by molar-refractivity contribution is 4.77. The number of nitrogens with zero attached hydrogens (tertiary/aromatic N) is 1. The third kappa shape index (κ3) is 2.17. The topological polar surface area (TPSA) is 23.5 Å². The molecule has 1 aliphatic rings. The fourth-order valence-corrected chi connectivity index (χ4v) is 1.86. The number of rotatable bonds is 2. The molecule has 0 aromatic carbocycles. The van der Waals surface area contributed by atoms with Gasteiger partial charge in [-0.2, -0.15) is 0 Å². The standard InChI is InChI=1S/C9H19NO/c1-8-4-3-5-10(6-7-11)9(8)2/h8-9,11H,3-7H2,1-2H3/t8-,9-/m1/s1. The number of aliphatic hydroxyl groups excluding tert-OH is 1. The Balaban J connectivity index is 2.38. The first-order chi connectivity index (χ1) is 5.25. The van der Waals surface area contributed by atoms with Crippen LogP contribution in [0.4, 0.5) is 0 Å². The van der Waals surface area contributed by atoms with E-state index >= 15 is 0 Å². The highest BCUT2D eigenvalue weighted by Gasteiger charge is 2.23. The molecule has 2 heteroatoms. The summed E-state index contributed by atoms with van der Waals surface area (Å²) < 4.78 is 0. The van der Waals surface area contributed by atoms with Crippen LogP contribution in [0.3, 0.4) is 0 Å². The van der Waals surface area contributed by atoms with Crippen molar-refractivity contribution in [2.24, 2.45) is 5.92 Å². The van der Waals surface area contributed by atoms with E-state index in [9.17, 15) is 0 Å². The lowest BCUT2D eigenvalue weighted by Gasteiger charge is -2.37. The normalized spacial score (nSPS) is 34.1. The molecule has 0 spiro atoms. The predicted octanol–water partition coefficient (Wildman–Crippen LogP) is 1.10. The molecule has 0 amide bonds. The van der Waals surface area contributed by atoms with Crippen LogP contribution >= 0.6 is 0 Å². The van der Waals surface area contributed by atoms with Crippen molar-refractivity contribution < 1.29 is 5.11 Å². The minimum Gasteiger partial charge on any atom is -0.395 e. The average molecular weight is 157 g/mol. The summed E-state index contributed by atoms with van der Waals surface area (Å²) in [7, 11) is 0. The van der Waals surface area contributed by atoms with Gasteiger partial charge in [0, 0.05) is 12.6 Å². The zero-order valence-electron chi connectivity index (χ0n) is 7.58. The third-order valence-corrected chi connectivity index (χ3v) is 2.89. The fraction of sp³-hybridized carbons (Fsp3) is 1.00. The van der Waals surface area contributed by atoms with Gasteiger partial charge in [-0.15, -0.1) is 0 Å². The van der Waals surface area contributed by atoms with Crippen LogP contribution in [0, 0.1) is 5.92 Å². The first-order valence-corrected chi connectivity index (χ1v) is 4.60. The zero-order valence-corrected chi connectivity index (χ0v) is 7.58. The lowest BCUT2D eigenvalue weighted by molar-refractivity contribution is 0.0911. The van der Waals surface area contributed by atoms with Crippen molar-refractivity contribution in [3.05, 3.63) is 0 Å². The number of hydrogen-bond donors (Lipinski definition) is 1. The van der Waals surface area contributed by atoms with Crippen molar-refractivity contribution in [1.29, 1.82) is 0 Å². The van der Waals surface area contributed by atoms with Gasteiger partial charge in [0.1, 0.15) is 0 Å². The molecule has 0 bridgehead atoms. The van der Waals surface area contributed by atoms with Crippen molar-refractivity contribution >= 4 is 0 Å². The van der Waals surface area contributed by atoms with Crippen molar-refractivity contribution in [2.75, 3.05) is 19.7 Å². The molecule has 2 atom stereocenters. The highest BCUT2D eigenvalue weighted by atomic mass is 16.3. The highest BCUT2D eigenvalue weighted by Crippen LogP contribution is 2.21. The molecule has 1 fully saturated rings. The molecule has 66 valence electrons. The Bertz CT molecular complexity index is 114. The second-order valence-electron chi connectivity index (χ2n) is 3.62. The molecule has 1 saturated heterocycles. The van der Waals surface area contributed by atoms with Gasteiger partial charge in [-0.05, 0) is 32.2 Å². The Hall–Kier alpha value is -0.0800. The molecular formula is C9H19NO. The molecule has 0 saturated carbocycles. The van der Waals surface area contributed by atoms with Crippen LogP contribution in [0.5, 0.6) is 0 Å². The molecule has 0 aromatic heterocycles. The maximum absolute atomic E-state index is 8.78. The first kappa shape index (κ1) is 9.01. The van der Waals surface area contributed by atoms with Gasteiger partial charge < -0.3 is 5.11 Å². The second kappa shape index (κ2) is 4.07. The summed E-state index contributed by atoms with van der Waals surface area (Å²) in [4.78, 5) is 2.38. The second-order valence-corrected chi connectivity index (χ2v) is 3.62. The van der Waals surface area contributed by atoms with Gasteiger partial charge in [0.2, 0.25) is 0 Å². The van der Waals surface area contributed by atoms with Crippen LogP contribution in [-0.4, -0.2) is 35.7 Å². The van der Waals surface area contributed by atoms with Gasteiger partial charge in [-0.25, -0.2) is 0 Å². The van der Waals surface area contributed by atoms with Crippen LogP contribution in [0.2, 0.25) is 0 Å². The summed E-state index contributed by atoms with van der Waals surface area (Å²) in [6.45, 7) is 6.89. The lowest BCUT2D eigenvalue weighted by atomic mass is 9.92. The molecule has 1 aliphatic heterocycles. The van der Waals surface area contributed by atoms with E-state index in [1.807, 2.05) is 0 Å². The Morgan fingerprint density at radius 1 is 1.45 bits per heavy atom. The lowest BCUT2D eigenvalue weighted by Crippen LogP contribution is -2.43. The van der Waals surface area contributed by atoms with Crippen molar-refractivity contribution in [2.45, 2.75) is 32.7 Å². The molecule has 11 heavy (non-hydrogen) atoms. The maximum Gasteiger partial charge on any atom is 0.0558 e. The number of likely N-dealkylation sites (tertiary alicyclic amines) is 1. The summed E-state index contributed by atoms with van der Waals surface area (Å²) in [5.41, 5.74) is 0. The molecular weight excluding hydrogens is 138 g/mol. The summed E-state index contributed by atoms with van der Waals surface area (Å²) in [5, 5.41) is 8.78. The Kier molecular flexibility index (Phi) is 3.34. The number of aliphatic hydroxyl groups is 1. The molecule has 1 rings (SSSR count). The number of hydrogen-bond acceptors (Lipinski definition) is 2. The van der Waals surface area contributed by atoms with E-state index in [4.69, 9.17) is 5.11 Å². The van der Waals surface area contributed by atoms with Gasteiger partial charge in [0.05, 0.1) is 6.61 Å². The molecule has 2 nitrogen and oxygen atoms in total. The van der Waals surface area contributed by atoms with Crippen molar-refractivity contribution in [1.82, 2.24) is 4.90 Å². The smallest absolute Gasteiger partial charge is 0.0558 e. The molecule has 0 aromatic rings. The molecule has 0 unspecified atom stereocenters. The van der Waals surface area contributed by atoms with E-state index in [2.05, 4.69) is 18.7 Å². The summed E-state index contributed by atoms with van der Waals surface area (Å²) in [6, 6.07) is 0.663. The van der Waals surface area contributed by atoms with Gasteiger partial charge >= 0.3 is 0 Å². The monoisotopic (exact) mass is 157 g/mol. The molecule has 0 radical (unpaired) electrons. The SMILES string of the molecule is C[C@@H]1CCCN(CCO)[C@@H]1C. The van der Waals surface area contributed by atoms with Crippen LogP contribution < -0.4 is 0 Å². The molecule has 0 aliphatic carbocycles. The molecule has 1 N–H and O–H groups in total. The van der Waals surface area contributed by atoms with Crippen LogP contribution in [0.25, 0.3) is 0 Å². The van der Waals surface area contributed by atoms with Crippen LogP contribution in [0.15, 0.2) is 0 Å². The van der Waals surface area contributed by atoms with Gasteiger partial charge in [-0.1, -0.05) is 6.92 Å². The van der Waals surface area contributed by atoms with Gasteiger partial charge in [0.25, 0.3) is 0 Å². The van der Waals surface area contributed by atoms with Crippen molar-refractivity contribution in [3.63, 3.8) is 0 Å². The van der Waals surface area contributed by atoms with E-state index in [-0.39, 0.29) is 0 Å². The summed E-state index contributed by atoms with van der Waals surface area (Å²) in [5.74, 6) is 0.801. The minimum atomic E-state index is 0.303. The minimum absolute atomic E-state index is 0.303. The number of β-amino-alcohol motifs (C(OH)–C–C–N with tert-alkyl or cyclic N) is 1. The van der Waals surface area contributed by atoms with Crippen LogP contribution in [0.1, 0.15) is 26.7 Å². The largest absolute Gasteiger partial charge is 0.395 e. The Labute approximate surface area is 69.2 Å². The zero-order chi connectivity index (χ0) is 8.27. The van der Waals surface area contributed by atoms with Gasteiger partial charge in [0.15, 0.2) is 0 Å². The number of piperidine rings is 1. The van der Waals surface area contributed by atoms with E-state index in [1.54, 1.807) is 0 Å². The van der Waals surface area contributed by atoms with Crippen LogP contribution in [-0.2, 0) is 0 Å². The van der Waals surface area contributed by atoms with E-state index < -0.39 is 0 Å². The van der Waals surface area contributed by atoms with Crippen molar-refractivity contribution in [3.8, 4) is 0 Å². The third-order valence-electron chi connectivity index (χ3n) is 2.89. The summed E-state index contributed by atoms with van der Waals surface area (Å²) >= 11 is 0. The predicted molar refractivity (Wildman–Crippen MR) is 46.5 cm³/mol. The summed E-state index contributed by atoms with van der Waals surface area (Å²) in [6.07, 6.45) is 2.65. The Morgan fingerprint density at radius 2 is 2.18 bits per heavy atom. The van der Waals surface area contributed by atoms with E-state index in [0.717, 1.165) is 12.5 Å². The Morgan fingerprint density at radius 3 is 2.82 bits per heavy atom.